The summed E-state index contributed by atoms with van der Waals surface area (Å²) < 4.78 is 6.12. The predicted octanol–water partition coefficient (Wildman–Crippen LogP) is 5.17. The molecular formula is C27H30N2O. The molecule has 1 aromatic heterocycles. The molecule has 3 heteroatoms. The maximum atomic E-state index is 6.12. The first-order valence-electron chi connectivity index (χ1n) is 11.2. The van der Waals surface area contributed by atoms with Gasteiger partial charge in [0.2, 0.25) is 0 Å². The first-order valence-corrected chi connectivity index (χ1v) is 11.2. The molecule has 1 atom stereocenters. The van der Waals surface area contributed by atoms with Gasteiger partial charge in [0.1, 0.15) is 0 Å². The molecule has 154 valence electrons. The molecule has 0 spiro atoms. The zero-order valence-corrected chi connectivity index (χ0v) is 17.5. The number of likely N-dealkylation sites (tertiary alicyclic amines) is 1. The number of pyridine rings is 1. The van der Waals surface area contributed by atoms with Gasteiger partial charge in [-0.05, 0) is 73.6 Å². The van der Waals surface area contributed by atoms with Crippen molar-refractivity contribution in [2.45, 2.75) is 37.2 Å². The maximum Gasteiger partial charge on any atom is 0.0720 e. The summed E-state index contributed by atoms with van der Waals surface area (Å²) in [5, 5.41) is 0. The lowest BCUT2D eigenvalue weighted by atomic mass is 9.72. The molecule has 1 unspecified atom stereocenters. The Balaban J connectivity index is 1.33. The van der Waals surface area contributed by atoms with Gasteiger partial charge in [0.05, 0.1) is 24.3 Å². The summed E-state index contributed by atoms with van der Waals surface area (Å²) in [6, 6.07) is 26.1. The van der Waals surface area contributed by atoms with Gasteiger partial charge in [0, 0.05) is 6.20 Å². The van der Waals surface area contributed by atoms with E-state index < -0.39 is 0 Å². The lowest BCUT2D eigenvalue weighted by molar-refractivity contribution is 0.0546. The van der Waals surface area contributed by atoms with Crippen LogP contribution in [0.1, 0.15) is 47.6 Å². The summed E-state index contributed by atoms with van der Waals surface area (Å²) in [4.78, 5) is 7.43. The van der Waals surface area contributed by atoms with Crippen LogP contribution in [0.25, 0.3) is 0 Å². The third-order valence-corrected chi connectivity index (χ3v) is 7.01. The smallest absolute Gasteiger partial charge is 0.0720 e. The summed E-state index contributed by atoms with van der Waals surface area (Å²) in [6.45, 7) is 4.82. The third-order valence-electron chi connectivity index (χ3n) is 7.01. The van der Waals surface area contributed by atoms with E-state index in [1.807, 2.05) is 12.3 Å². The number of hydrogen-bond acceptors (Lipinski definition) is 3. The molecule has 0 radical (unpaired) electrons. The summed E-state index contributed by atoms with van der Waals surface area (Å²) in [5.41, 5.74) is 5.17. The second-order valence-electron chi connectivity index (χ2n) is 8.72. The molecule has 0 N–H and O–H groups in total. The Bertz CT molecular complexity index is 951. The van der Waals surface area contributed by atoms with Crippen LogP contribution < -0.4 is 0 Å². The van der Waals surface area contributed by atoms with E-state index in [2.05, 4.69) is 71.6 Å². The van der Waals surface area contributed by atoms with Crippen molar-refractivity contribution in [1.82, 2.24) is 9.88 Å². The Morgan fingerprint density at radius 1 is 0.900 bits per heavy atom. The zero-order valence-electron chi connectivity index (χ0n) is 17.5. The highest BCUT2D eigenvalue weighted by molar-refractivity contribution is 5.43. The van der Waals surface area contributed by atoms with Crippen molar-refractivity contribution in [3.63, 3.8) is 0 Å². The number of benzene rings is 2. The van der Waals surface area contributed by atoms with Crippen LogP contribution >= 0.6 is 0 Å². The number of aromatic nitrogens is 1. The van der Waals surface area contributed by atoms with E-state index in [9.17, 15) is 0 Å². The topological polar surface area (TPSA) is 25.4 Å². The fourth-order valence-electron chi connectivity index (χ4n) is 5.28. The van der Waals surface area contributed by atoms with Gasteiger partial charge in [-0.2, -0.15) is 0 Å². The van der Waals surface area contributed by atoms with Crippen LogP contribution in [0.2, 0.25) is 0 Å². The van der Waals surface area contributed by atoms with Gasteiger partial charge in [-0.25, -0.2) is 0 Å². The van der Waals surface area contributed by atoms with Crippen molar-refractivity contribution < 1.29 is 4.74 Å². The van der Waals surface area contributed by atoms with Crippen molar-refractivity contribution in [1.29, 1.82) is 0 Å². The molecule has 3 heterocycles. The van der Waals surface area contributed by atoms with Crippen LogP contribution in [0, 0.1) is 0 Å². The van der Waals surface area contributed by atoms with E-state index >= 15 is 0 Å². The van der Waals surface area contributed by atoms with E-state index in [1.54, 1.807) is 0 Å². The minimum absolute atomic E-state index is 0.160. The van der Waals surface area contributed by atoms with Gasteiger partial charge in [-0.1, -0.05) is 60.7 Å². The summed E-state index contributed by atoms with van der Waals surface area (Å²) in [6.07, 6.45) is 5.44. The molecule has 5 rings (SSSR count). The van der Waals surface area contributed by atoms with Crippen molar-refractivity contribution in [2.24, 2.45) is 0 Å². The Morgan fingerprint density at radius 2 is 1.67 bits per heavy atom. The number of fused-ring (bicyclic) bond motifs is 1. The number of ether oxygens (including phenoxy) is 1. The largest absolute Gasteiger partial charge is 0.375 e. The second kappa shape index (κ2) is 8.71. The third kappa shape index (κ3) is 3.80. The Labute approximate surface area is 179 Å². The SMILES string of the molecule is c1ccc(C2CCN(CCC3(c4ccccn4)COCc4ccccc43)CC2)cc1. The van der Waals surface area contributed by atoms with Crippen molar-refractivity contribution >= 4 is 0 Å². The van der Waals surface area contributed by atoms with Crippen LogP contribution in [0.5, 0.6) is 0 Å². The molecule has 0 amide bonds. The van der Waals surface area contributed by atoms with Gasteiger partial charge >= 0.3 is 0 Å². The maximum absolute atomic E-state index is 6.12. The van der Waals surface area contributed by atoms with E-state index in [4.69, 9.17) is 9.72 Å². The van der Waals surface area contributed by atoms with Crippen LogP contribution in [0.15, 0.2) is 79.0 Å². The highest BCUT2D eigenvalue weighted by Gasteiger charge is 2.40. The number of piperidine rings is 1. The van der Waals surface area contributed by atoms with Crippen molar-refractivity contribution in [3.05, 3.63) is 101 Å². The van der Waals surface area contributed by atoms with E-state index in [-0.39, 0.29) is 5.41 Å². The van der Waals surface area contributed by atoms with Gasteiger partial charge < -0.3 is 9.64 Å². The van der Waals surface area contributed by atoms with Gasteiger partial charge in [0.25, 0.3) is 0 Å². The minimum atomic E-state index is -0.160. The number of rotatable bonds is 5. The Kier molecular flexibility index (Phi) is 5.65. The van der Waals surface area contributed by atoms with Gasteiger partial charge in [0.15, 0.2) is 0 Å². The van der Waals surface area contributed by atoms with Crippen LogP contribution in [-0.4, -0.2) is 36.1 Å². The standard InChI is InChI=1S/C27H30N2O/c1-2-8-22(9-3-1)23-13-17-29(18-14-23)19-15-27(26-12-6-7-16-28-26)21-30-20-24-10-4-5-11-25(24)27/h1-12,16,23H,13-15,17-21H2. The molecule has 1 saturated heterocycles. The minimum Gasteiger partial charge on any atom is -0.375 e. The Hall–Kier alpha value is -2.49. The highest BCUT2D eigenvalue weighted by Crippen LogP contribution is 2.41. The predicted molar refractivity (Wildman–Crippen MR) is 121 cm³/mol. The number of hydrogen-bond donors (Lipinski definition) is 0. The van der Waals surface area contributed by atoms with Crippen molar-refractivity contribution in [2.75, 3.05) is 26.2 Å². The normalized spacial score (nSPS) is 22.5. The molecule has 2 aliphatic heterocycles. The fraction of sp³-hybridized carbons (Fsp3) is 0.370. The van der Waals surface area contributed by atoms with Crippen molar-refractivity contribution in [3.8, 4) is 0 Å². The molecule has 0 bridgehead atoms. The molecule has 2 aromatic carbocycles. The first-order chi connectivity index (χ1) is 14.9. The number of nitrogens with zero attached hydrogens (tertiary/aromatic N) is 2. The second-order valence-corrected chi connectivity index (χ2v) is 8.72. The molecule has 0 saturated carbocycles. The van der Waals surface area contributed by atoms with E-state index in [1.165, 1.54) is 42.6 Å². The van der Waals surface area contributed by atoms with Crippen LogP contribution in [0.4, 0.5) is 0 Å². The molecule has 3 aromatic rings. The molecule has 0 aliphatic carbocycles. The van der Waals surface area contributed by atoms with Gasteiger partial charge in [-0.3, -0.25) is 4.98 Å². The van der Waals surface area contributed by atoms with Gasteiger partial charge in [-0.15, -0.1) is 0 Å². The van der Waals surface area contributed by atoms with Crippen LogP contribution in [0.3, 0.4) is 0 Å². The first kappa shape index (κ1) is 19.5. The average molecular weight is 399 g/mol. The quantitative estimate of drug-likeness (QED) is 0.593. The summed E-state index contributed by atoms with van der Waals surface area (Å²) in [7, 11) is 0. The molecule has 1 fully saturated rings. The van der Waals surface area contributed by atoms with E-state index in [0.717, 1.165) is 18.7 Å². The highest BCUT2D eigenvalue weighted by atomic mass is 16.5. The monoisotopic (exact) mass is 398 g/mol. The Morgan fingerprint density at radius 3 is 2.47 bits per heavy atom. The zero-order chi connectivity index (χ0) is 20.2. The molecule has 2 aliphatic rings. The molecule has 30 heavy (non-hydrogen) atoms. The molecule has 3 nitrogen and oxygen atoms in total. The summed E-state index contributed by atoms with van der Waals surface area (Å²) >= 11 is 0. The molecular weight excluding hydrogens is 368 g/mol. The lowest BCUT2D eigenvalue weighted by Gasteiger charge is -2.41. The van der Waals surface area contributed by atoms with Crippen LogP contribution in [-0.2, 0) is 16.8 Å². The lowest BCUT2D eigenvalue weighted by Crippen LogP contribution is -2.43. The average Bonchev–Trinajstić information content (AvgIpc) is 2.84. The van der Waals surface area contributed by atoms with E-state index in [0.29, 0.717) is 19.1 Å². The fourth-order valence-corrected chi connectivity index (χ4v) is 5.28. The summed E-state index contributed by atoms with van der Waals surface area (Å²) in [5.74, 6) is 0.700.